The van der Waals surface area contributed by atoms with Gasteiger partial charge in [0.2, 0.25) is 0 Å². The molecule has 0 N–H and O–H groups in total. The Labute approximate surface area is 607 Å². The van der Waals surface area contributed by atoms with Gasteiger partial charge in [-0.3, -0.25) is 0 Å². The maximum atomic E-state index is 13.0. The molecule has 5 aromatic heterocycles. The van der Waals surface area contributed by atoms with Gasteiger partial charge in [0, 0.05) is 93.7 Å². The van der Waals surface area contributed by atoms with Crippen molar-refractivity contribution in [1.29, 1.82) is 5.26 Å². The van der Waals surface area contributed by atoms with E-state index >= 15 is 0 Å². The summed E-state index contributed by atoms with van der Waals surface area (Å²) in [6.45, 7) is 6.50. The molecule has 0 radical (unpaired) electrons. The summed E-state index contributed by atoms with van der Waals surface area (Å²) in [6, 6.07) is 129. The Kier molecular flexibility index (Phi) is 14.2. The van der Waals surface area contributed by atoms with Crippen LogP contribution in [0.15, 0.2) is 346 Å². The van der Waals surface area contributed by atoms with Crippen LogP contribution >= 0.6 is 0 Å². The molecule has 0 spiro atoms. The van der Waals surface area contributed by atoms with Crippen LogP contribution in [0.2, 0.25) is 0 Å². The molecular weight excluding hydrogens is 1270 g/mol. The molecule has 105 heavy (non-hydrogen) atoms. The predicted molar refractivity (Wildman–Crippen MR) is 439 cm³/mol. The Morgan fingerprint density at radius 3 is 0.876 bits per heavy atom. The number of rotatable bonds is 11. The zero-order valence-electron chi connectivity index (χ0n) is 58.1. The quantitative estimate of drug-likeness (QED) is 0.130. The number of aromatic nitrogens is 5. The van der Waals surface area contributed by atoms with Crippen molar-refractivity contribution in [3.8, 4) is 107 Å². The average molecular weight is 1340 g/mol. The third kappa shape index (κ3) is 9.81. The molecule has 0 aliphatic heterocycles. The van der Waals surface area contributed by atoms with E-state index in [1.807, 2.05) is 6.07 Å². The largest absolute Gasteiger partial charge is 0.309 e. The maximum Gasteiger partial charge on any atom is 0.100 e. The minimum absolute atomic E-state index is 0.529. The Hall–Kier alpha value is -13.9. The second-order valence-electron chi connectivity index (χ2n) is 27.9. The zero-order valence-corrected chi connectivity index (χ0v) is 58.1. The molecule has 492 valence electrons. The lowest BCUT2D eigenvalue weighted by Gasteiger charge is -2.27. The van der Waals surface area contributed by atoms with Gasteiger partial charge < -0.3 is 18.3 Å². The molecule has 0 saturated heterocycles. The number of fused-ring (bicyclic) bond motifs is 12. The van der Waals surface area contributed by atoms with Gasteiger partial charge in [0.25, 0.3) is 0 Å². The number of pyridine rings is 1. The highest BCUT2D eigenvalue weighted by Crippen LogP contribution is 2.55. The molecule has 6 heteroatoms. The van der Waals surface area contributed by atoms with Gasteiger partial charge in [-0.25, -0.2) is 4.98 Å². The third-order valence-corrected chi connectivity index (χ3v) is 21.6. The molecule has 5 heterocycles. The molecule has 0 bridgehead atoms. The first-order chi connectivity index (χ1) is 51.8. The van der Waals surface area contributed by atoms with Crippen molar-refractivity contribution in [2.24, 2.45) is 0 Å². The van der Waals surface area contributed by atoms with Crippen LogP contribution in [0.3, 0.4) is 0 Å². The van der Waals surface area contributed by atoms with Gasteiger partial charge in [-0.05, 0) is 187 Å². The van der Waals surface area contributed by atoms with Crippen molar-refractivity contribution in [2.75, 3.05) is 0 Å². The number of aryl methyl sites for hydroxylation is 3. The lowest BCUT2D eigenvalue weighted by Crippen LogP contribution is -2.05. The summed E-state index contributed by atoms with van der Waals surface area (Å²) in [7, 11) is 0. The molecule has 0 aliphatic carbocycles. The van der Waals surface area contributed by atoms with Crippen LogP contribution < -0.4 is 0 Å². The number of benzene rings is 15. The molecule has 0 aliphatic rings. The molecule has 15 aromatic carbocycles. The zero-order chi connectivity index (χ0) is 70.0. The number of nitrogens with zero attached hydrogens (tertiary/aromatic N) is 6. The van der Waals surface area contributed by atoms with Gasteiger partial charge >= 0.3 is 0 Å². The monoisotopic (exact) mass is 1340 g/mol. The summed E-state index contributed by atoms with van der Waals surface area (Å²) in [5, 5.41) is 22.6. The highest BCUT2D eigenvalue weighted by molar-refractivity contribution is 6.15. The van der Waals surface area contributed by atoms with E-state index < -0.39 is 0 Å². The molecule has 0 fully saturated rings. The lowest BCUT2D eigenvalue weighted by atomic mass is 9.75. The van der Waals surface area contributed by atoms with Crippen molar-refractivity contribution < 1.29 is 0 Å². The molecule has 20 rings (SSSR count). The Bertz CT molecular complexity index is 6890. The molecular formula is C99H66N6. The third-order valence-electron chi connectivity index (χ3n) is 21.6. The molecule has 0 saturated carbocycles. The second kappa shape index (κ2) is 24.5. The van der Waals surface area contributed by atoms with Crippen LogP contribution in [0.1, 0.15) is 22.3 Å². The number of nitriles is 1. The fourth-order valence-electron chi connectivity index (χ4n) is 16.9. The van der Waals surface area contributed by atoms with Crippen molar-refractivity contribution in [3.05, 3.63) is 368 Å². The predicted octanol–water partition coefficient (Wildman–Crippen LogP) is 25.9. The average Bonchev–Trinajstić information content (AvgIpc) is 1.65. The van der Waals surface area contributed by atoms with Gasteiger partial charge in [-0.1, -0.05) is 235 Å². The maximum absolute atomic E-state index is 13.0. The summed E-state index contributed by atoms with van der Waals surface area (Å²) in [6.07, 6.45) is 0. The first-order valence-electron chi connectivity index (χ1n) is 36.0. The lowest BCUT2D eigenvalue weighted by molar-refractivity contribution is 1.18. The molecule has 0 unspecified atom stereocenters. The van der Waals surface area contributed by atoms with E-state index in [9.17, 15) is 5.26 Å². The Balaban J connectivity index is 0.923. The smallest absolute Gasteiger partial charge is 0.100 e. The van der Waals surface area contributed by atoms with Crippen LogP contribution in [-0.4, -0.2) is 23.3 Å². The SMILES string of the molecule is Cc1ccc2c(c1)c1ccccc1n2-c1ccc(-c2c(C#N)c(-c3ccc(-c4ccccc4)nc3-c3ccccc3)c(-c3ccc(-n4c5ccccc5c5cc(C)ccc54)cc3)c(-c3ccc(-n4c5ccccc5c5cc(C)ccc54)cc3)c2-c2ccc(-n3c4ccccc4c4ccccc43)cc2)cc1. The van der Waals surface area contributed by atoms with Crippen molar-refractivity contribution in [2.45, 2.75) is 20.8 Å². The van der Waals surface area contributed by atoms with E-state index in [1.165, 1.54) is 59.8 Å². The number of hydrogen-bond donors (Lipinski definition) is 0. The summed E-state index contributed by atoms with van der Waals surface area (Å²) in [5.74, 6) is 0. The van der Waals surface area contributed by atoms with Crippen molar-refractivity contribution >= 4 is 87.2 Å². The van der Waals surface area contributed by atoms with Crippen LogP contribution in [-0.2, 0) is 0 Å². The van der Waals surface area contributed by atoms with E-state index in [0.29, 0.717) is 5.56 Å². The second-order valence-corrected chi connectivity index (χ2v) is 27.9. The summed E-state index contributed by atoms with van der Waals surface area (Å²) < 4.78 is 9.55. The number of hydrogen-bond acceptors (Lipinski definition) is 2. The van der Waals surface area contributed by atoms with E-state index in [2.05, 4.69) is 385 Å². The normalized spacial score (nSPS) is 11.8. The van der Waals surface area contributed by atoms with Crippen LogP contribution in [0.25, 0.3) is 188 Å². The van der Waals surface area contributed by atoms with Gasteiger partial charge in [0.1, 0.15) is 6.07 Å². The van der Waals surface area contributed by atoms with Crippen molar-refractivity contribution in [3.63, 3.8) is 0 Å². The van der Waals surface area contributed by atoms with E-state index in [-0.39, 0.29) is 0 Å². The van der Waals surface area contributed by atoms with Crippen molar-refractivity contribution in [1.82, 2.24) is 23.3 Å². The summed E-state index contributed by atoms with van der Waals surface area (Å²) in [5.41, 5.74) is 29.8. The standard InChI is InChI=1S/C99H66N6/c1-62-34-55-91-81(58-62)77-26-12-17-31-88(77)103(91)72-45-37-66(38-46-72)94-84(61-100)98(80-53-54-85(65-20-6-4-7-21-65)101-99(80)70-22-8-5-9-23-70)97(69-43-51-74(52-44-69)105-90-33-19-14-28-79(90)83-60-64(3)36-57-93(83)105)96(68-41-49-73(50-42-68)104-89-32-18-13-27-78(89)82-59-63(2)35-56-92(82)104)95(94)67-39-47-71(48-40-67)102-86-29-15-10-24-75(86)76-25-11-16-30-87(76)102/h4-60H,1-3H3. The summed E-state index contributed by atoms with van der Waals surface area (Å²) >= 11 is 0. The van der Waals surface area contributed by atoms with E-state index in [1.54, 1.807) is 0 Å². The van der Waals surface area contributed by atoms with E-state index in [4.69, 9.17) is 4.98 Å². The first-order valence-corrected chi connectivity index (χ1v) is 36.0. The first kappa shape index (κ1) is 61.0. The highest BCUT2D eigenvalue weighted by atomic mass is 15.0. The number of para-hydroxylation sites is 5. The van der Waals surface area contributed by atoms with Gasteiger partial charge in [0.05, 0.1) is 61.1 Å². The van der Waals surface area contributed by atoms with Gasteiger partial charge in [-0.2, -0.15) is 5.26 Å². The minimum atomic E-state index is 0.529. The summed E-state index contributed by atoms with van der Waals surface area (Å²) in [4.78, 5) is 5.74. The van der Waals surface area contributed by atoms with Gasteiger partial charge in [-0.15, -0.1) is 0 Å². The molecule has 20 aromatic rings. The van der Waals surface area contributed by atoms with Crippen LogP contribution in [0.5, 0.6) is 0 Å². The van der Waals surface area contributed by atoms with Gasteiger partial charge in [0.15, 0.2) is 0 Å². The fourth-order valence-corrected chi connectivity index (χ4v) is 16.9. The minimum Gasteiger partial charge on any atom is -0.309 e. The highest BCUT2D eigenvalue weighted by Gasteiger charge is 2.32. The Morgan fingerprint density at radius 2 is 0.524 bits per heavy atom. The van der Waals surface area contributed by atoms with Crippen LogP contribution in [0, 0.1) is 32.1 Å². The topological polar surface area (TPSA) is 56.4 Å². The molecule has 0 amide bonds. The molecule has 0 atom stereocenters. The molecule has 6 nitrogen and oxygen atoms in total. The fraction of sp³-hybridized carbons (Fsp3) is 0.0303. The van der Waals surface area contributed by atoms with E-state index in [0.717, 1.165) is 145 Å². The van der Waals surface area contributed by atoms with Crippen LogP contribution in [0.4, 0.5) is 0 Å². The Morgan fingerprint density at radius 1 is 0.238 bits per heavy atom.